The van der Waals surface area contributed by atoms with Gasteiger partial charge in [-0.15, -0.1) is 0 Å². The van der Waals surface area contributed by atoms with Crippen LogP contribution >= 0.6 is 0 Å². The average Bonchev–Trinajstić information content (AvgIpc) is 2.23. The number of nitrogens with one attached hydrogen (secondary N) is 1. The Balaban J connectivity index is 1.71. The highest BCUT2D eigenvalue weighted by molar-refractivity contribution is 4.79. The summed E-state index contributed by atoms with van der Waals surface area (Å²) in [7, 11) is 0. The van der Waals surface area contributed by atoms with Crippen molar-refractivity contribution < 1.29 is 14.2 Å². The Morgan fingerprint density at radius 1 is 1.00 bits per heavy atom. The molecule has 0 radical (unpaired) electrons. The van der Waals surface area contributed by atoms with E-state index in [-0.39, 0.29) is 0 Å². The van der Waals surface area contributed by atoms with E-state index in [0.717, 1.165) is 39.3 Å². The third-order valence-electron chi connectivity index (χ3n) is 2.96. The van der Waals surface area contributed by atoms with E-state index in [2.05, 4.69) is 5.32 Å². The molecule has 15 heavy (non-hydrogen) atoms. The van der Waals surface area contributed by atoms with Gasteiger partial charge in [-0.05, 0) is 26.7 Å². The second-order valence-electron chi connectivity index (χ2n) is 4.77. The summed E-state index contributed by atoms with van der Waals surface area (Å²) >= 11 is 0. The molecule has 4 heteroatoms. The molecule has 2 rings (SSSR count). The molecule has 0 spiro atoms. The molecule has 88 valence electrons. The molecule has 0 amide bonds. The summed E-state index contributed by atoms with van der Waals surface area (Å²) in [5.74, 6) is -0.409. The second kappa shape index (κ2) is 4.78. The Kier molecular flexibility index (Phi) is 3.61. The van der Waals surface area contributed by atoms with Crippen molar-refractivity contribution in [2.24, 2.45) is 0 Å². The summed E-state index contributed by atoms with van der Waals surface area (Å²) < 4.78 is 16.5. The fraction of sp³-hybridized carbons (Fsp3) is 1.00. The molecule has 2 saturated heterocycles. The third kappa shape index (κ3) is 3.41. The van der Waals surface area contributed by atoms with Crippen LogP contribution in [0, 0.1) is 0 Å². The van der Waals surface area contributed by atoms with Crippen LogP contribution in [0.5, 0.6) is 0 Å². The van der Waals surface area contributed by atoms with Crippen molar-refractivity contribution in [3.63, 3.8) is 0 Å². The fourth-order valence-corrected chi connectivity index (χ4v) is 1.99. The quantitative estimate of drug-likeness (QED) is 0.743. The molecule has 0 atom stereocenters. The molecule has 0 bridgehead atoms. The topological polar surface area (TPSA) is 39.7 Å². The van der Waals surface area contributed by atoms with Crippen LogP contribution in [0.25, 0.3) is 0 Å². The first kappa shape index (κ1) is 11.3. The number of hydrogen-bond donors (Lipinski definition) is 1. The maximum absolute atomic E-state index is 5.60. The van der Waals surface area contributed by atoms with E-state index in [1.807, 2.05) is 13.8 Å². The van der Waals surface area contributed by atoms with Gasteiger partial charge in [-0.25, -0.2) is 0 Å². The molecular weight excluding hydrogens is 194 g/mol. The van der Waals surface area contributed by atoms with Crippen molar-refractivity contribution >= 4 is 0 Å². The first-order chi connectivity index (χ1) is 7.16. The highest BCUT2D eigenvalue weighted by atomic mass is 16.7. The zero-order chi connectivity index (χ0) is 10.7. The van der Waals surface area contributed by atoms with Crippen molar-refractivity contribution in [2.45, 2.75) is 44.6 Å². The van der Waals surface area contributed by atoms with Gasteiger partial charge in [-0.3, -0.25) is 0 Å². The van der Waals surface area contributed by atoms with E-state index < -0.39 is 5.79 Å². The highest BCUT2D eigenvalue weighted by Crippen LogP contribution is 2.18. The Bertz CT molecular complexity index is 192. The summed E-state index contributed by atoms with van der Waals surface area (Å²) in [5, 5.41) is 3.57. The molecular formula is C11H21NO3. The highest BCUT2D eigenvalue weighted by Gasteiger charge is 2.29. The minimum Gasteiger partial charge on any atom is -0.381 e. The summed E-state index contributed by atoms with van der Waals surface area (Å²) in [4.78, 5) is 0. The van der Waals surface area contributed by atoms with Gasteiger partial charge in [0, 0.05) is 19.3 Å². The van der Waals surface area contributed by atoms with E-state index in [9.17, 15) is 0 Å². The molecule has 0 unspecified atom stereocenters. The summed E-state index contributed by atoms with van der Waals surface area (Å²) in [6.45, 7) is 7.14. The van der Waals surface area contributed by atoms with Gasteiger partial charge in [0.1, 0.15) is 0 Å². The van der Waals surface area contributed by atoms with Crippen molar-refractivity contribution in [3.05, 3.63) is 0 Å². The summed E-state index contributed by atoms with van der Waals surface area (Å²) in [6.07, 6.45) is 2.19. The lowest BCUT2D eigenvalue weighted by Crippen LogP contribution is -2.52. The minimum atomic E-state index is -0.409. The van der Waals surface area contributed by atoms with Gasteiger partial charge in [0.05, 0.1) is 19.3 Å². The van der Waals surface area contributed by atoms with E-state index in [0.29, 0.717) is 12.1 Å². The predicted molar refractivity (Wildman–Crippen MR) is 56.7 cm³/mol. The van der Waals surface area contributed by atoms with Crippen LogP contribution in [-0.4, -0.2) is 44.3 Å². The van der Waals surface area contributed by atoms with Crippen LogP contribution in [0.3, 0.4) is 0 Å². The van der Waals surface area contributed by atoms with Gasteiger partial charge in [-0.1, -0.05) is 0 Å². The Morgan fingerprint density at radius 3 is 2.20 bits per heavy atom. The summed E-state index contributed by atoms with van der Waals surface area (Å²) in [5.41, 5.74) is 0. The number of hydrogen-bond acceptors (Lipinski definition) is 4. The smallest absolute Gasteiger partial charge is 0.162 e. The molecule has 2 aliphatic heterocycles. The molecule has 4 nitrogen and oxygen atoms in total. The van der Waals surface area contributed by atoms with Crippen LogP contribution in [-0.2, 0) is 14.2 Å². The van der Waals surface area contributed by atoms with E-state index in [1.54, 1.807) is 0 Å². The summed E-state index contributed by atoms with van der Waals surface area (Å²) in [6, 6.07) is 0.901. The molecule has 1 N–H and O–H groups in total. The largest absolute Gasteiger partial charge is 0.381 e. The molecule has 0 aromatic carbocycles. The normalized spacial score (nSPS) is 29.2. The Morgan fingerprint density at radius 2 is 1.60 bits per heavy atom. The van der Waals surface area contributed by atoms with Gasteiger partial charge in [0.25, 0.3) is 0 Å². The SMILES string of the molecule is CC1(C)OCC(NC2CCOCC2)CO1. The molecule has 2 fully saturated rings. The number of rotatable bonds is 2. The molecule has 0 aromatic rings. The van der Waals surface area contributed by atoms with Crippen LogP contribution in [0.4, 0.5) is 0 Å². The number of ether oxygens (including phenoxy) is 3. The van der Waals surface area contributed by atoms with Crippen molar-refractivity contribution in [1.29, 1.82) is 0 Å². The lowest BCUT2D eigenvalue weighted by atomic mass is 10.1. The lowest BCUT2D eigenvalue weighted by Gasteiger charge is -2.37. The second-order valence-corrected chi connectivity index (χ2v) is 4.77. The first-order valence-corrected chi connectivity index (χ1v) is 5.77. The fourth-order valence-electron chi connectivity index (χ4n) is 1.99. The van der Waals surface area contributed by atoms with Crippen LogP contribution < -0.4 is 5.32 Å². The standard InChI is InChI=1S/C11H21NO3/c1-11(2)14-7-10(8-15-11)12-9-3-5-13-6-4-9/h9-10,12H,3-8H2,1-2H3. The van der Waals surface area contributed by atoms with Crippen molar-refractivity contribution in [2.75, 3.05) is 26.4 Å². The van der Waals surface area contributed by atoms with E-state index in [4.69, 9.17) is 14.2 Å². The van der Waals surface area contributed by atoms with Crippen LogP contribution in [0.1, 0.15) is 26.7 Å². The molecule has 0 aromatic heterocycles. The van der Waals surface area contributed by atoms with E-state index in [1.165, 1.54) is 0 Å². The minimum absolute atomic E-state index is 0.334. The van der Waals surface area contributed by atoms with Gasteiger partial charge >= 0.3 is 0 Å². The average molecular weight is 215 g/mol. The molecule has 2 heterocycles. The van der Waals surface area contributed by atoms with Crippen molar-refractivity contribution in [3.8, 4) is 0 Å². The Labute approximate surface area is 91.3 Å². The molecule has 0 aliphatic carbocycles. The third-order valence-corrected chi connectivity index (χ3v) is 2.96. The predicted octanol–water partition coefficient (Wildman–Crippen LogP) is 0.906. The van der Waals surface area contributed by atoms with Gasteiger partial charge in [0.15, 0.2) is 5.79 Å². The monoisotopic (exact) mass is 215 g/mol. The Hall–Kier alpha value is -0.160. The van der Waals surface area contributed by atoms with Gasteiger partial charge in [0.2, 0.25) is 0 Å². The maximum Gasteiger partial charge on any atom is 0.162 e. The molecule has 0 saturated carbocycles. The van der Waals surface area contributed by atoms with Crippen LogP contribution in [0.15, 0.2) is 0 Å². The zero-order valence-corrected chi connectivity index (χ0v) is 9.62. The zero-order valence-electron chi connectivity index (χ0n) is 9.62. The van der Waals surface area contributed by atoms with Crippen LogP contribution in [0.2, 0.25) is 0 Å². The van der Waals surface area contributed by atoms with E-state index >= 15 is 0 Å². The maximum atomic E-state index is 5.60. The van der Waals surface area contributed by atoms with Gasteiger partial charge in [-0.2, -0.15) is 0 Å². The molecule has 2 aliphatic rings. The van der Waals surface area contributed by atoms with Crippen molar-refractivity contribution in [1.82, 2.24) is 5.32 Å². The first-order valence-electron chi connectivity index (χ1n) is 5.77. The lowest BCUT2D eigenvalue weighted by molar-refractivity contribution is -0.253. The van der Waals surface area contributed by atoms with Gasteiger partial charge < -0.3 is 19.5 Å².